The van der Waals surface area contributed by atoms with Gasteiger partial charge in [0.2, 0.25) is 10.0 Å². The second-order valence-corrected chi connectivity index (χ2v) is 6.42. The number of rotatable bonds is 4. The van der Waals surface area contributed by atoms with Gasteiger partial charge in [-0.05, 0) is 41.6 Å². The number of pyridine rings is 1. The van der Waals surface area contributed by atoms with Crippen molar-refractivity contribution in [3.05, 3.63) is 21.9 Å². The maximum absolute atomic E-state index is 11.7. The van der Waals surface area contributed by atoms with Gasteiger partial charge < -0.3 is 4.74 Å². The number of sulfonamides is 1. The summed E-state index contributed by atoms with van der Waals surface area (Å²) in [5, 5.41) is -1.28. The Morgan fingerprint density at radius 2 is 2.18 bits per heavy atom. The number of aromatic nitrogens is 1. The summed E-state index contributed by atoms with van der Waals surface area (Å²) in [5.74, 6) is -0.649. The summed E-state index contributed by atoms with van der Waals surface area (Å²) in [6, 6.07) is 3.22. The Morgan fingerprint density at radius 3 is 2.65 bits per heavy atom. The number of hydrogen-bond donors (Lipinski definition) is 1. The molecule has 0 radical (unpaired) electrons. The number of nitrogens with one attached hydrogen (secondary N) is 1. The number of ether oxygens (including phenoxy) is 1. The van der Waals surface area contributed by atoms with Crippen molar-refractivity contribution in [3.63, 3.8) is 0 Å². The Labute approximate surface area is 113 Å². The fraction of sp³-hybridized carbons (Fsp3) is 0.333. The van der Waals surface area contributed by atoms with Crippen molar-refractivity contribution in [2.24, 2.45) is 0 Å². The van der Waals surface area contributed by atoms with E-state index in [-0.39, 0.29) is 5.82 Å². The highest BCUT2D eigenvalue weighted by Crippen LogP contribution is 2.11. The van der Waals surface area contributed by atoms with Crippen molar-refractivity contribution in [1.82, 2.24) is 4.98 Å². The Kier molecular flexibility index (Phi) is 4.69. The lowest BCUT2D eigenvalue weighted by molar-refractivity contribution is -0.139. The molecule has 1 heterocycles. The van der Waals surface area contributed by atoms with Crippen molar-refractivity contribution >= 4 is 44.4 Å². The SMILES string of the molecule is COC(=O)C(C)S(=O)(=O)Nc1ccc(I)cn1. The van der Waals surface area contributed by atoms with Crippen molar-refractivity contribution in [2.45, 2.75) is 12.2 Å². The van der Waals surface area contributed by atoms with E-state index in [4.69, 9.17) is 0 Å². The van der Waals surface area contributed by atoms with Crippen LogP contribution >= 0.6 is 22.6 Å². The molecule has 0 saturated carbocycles. The monoisotopic (exact) mass is 370 g/mol. The standard InChI is InChI=1S/C9H11IN2O4S/c1-6(9(13)16-2)17(14,15)12-8-4-3-7(10)5-11-8/h3-6H,1-2H3,(H,11,12). The van der Waals surface area contributed by atoms with Crippen LogP contribution in [-0.2, 0) is 19.6 Å². The maximum Gasteiger partial charge on any atom is 0.325 e. The molecule has 0 amide bonds. The highest BCUT2D eigenvalue weighted by atomic mass is 127. The molecule has 0 aliphatic rings. The van der Waals surface area contributed by atoms with Crippen molar-refractivity contribution in [2.75, 3.05) is 11.8 Å². The molecule has 1 unspecified atom stereocenters. The largest absolute Gasteiger partial charge is 0.468 e. The minimum Gasteiger partial charge on any atom is -0.468 e. The molecule has 1 atom stereocenters. The van der Waals surface area contributed by atoms with Crippen LogP contribution in [0.25, 0.3) is 0 Å². The van der Waals surface area contributed by atoms with Crippen LogP contribution in [-0.4, -0.2) is 31.7 Å². The predicted octanol–water partition coefficient (Wildman–Crippen LogP) is 0.989. The van der Waals surface area contributed by atoms with E-state index >= 15 is 0 Å². The van der Waals surface area contributed by atoms with E-state index in [1.807, 2.05) is 22.6 Å². The van der Waals surface area contributed by atoms with E-state index in [0.29, 0.717) is 0 Å². The molecule has 0 aliphatic carbocycles. The van der Waals surface area contributed by atoms with Crippen molar-refractivity contribution < 1.29 is 17.9 Å². The molecular formula is C9H11IN2O4S. The molecule has 6 nitrogen and oxygen atoms in total. The molecular weight excluding hydrogens is 359 g/mol. The fourth-order valence-corrected chi connectivity index (χ4v) is 2.22. The topological polar surface area (TPSA) is 85.4 Å². The molecule has 1 aromatic heterocycles. The first-order valence-corrected chi connectivity index (χ1v) is 7.20. The third-order valence-electron chi connectivity index (χ3n) is 1.97. The average molecular weight is 370 g/mol. The third kappa shape index (κ3) is 3.80. The van der Waals surface area contributed by atoms with Gasteiger partial charge in [-0.25, -0.2) is 13.4 Å². The zero-order valence-corrected chi connectivity index (χ0v) is 12.1. The molecule has 0 bridgehead atoms. The number of nitrogens with zero attached hydrogens (tertiary/aromatic N) is 1. The number of carbonyl (C=O) groups excluding carboxylic acids is 1. The second kappa shape index (κ2) is 5.63. The van der Waals surface area contributed by atoms with Gasteiger partial charge in [-0.15, -0.1) is 0 Å². The van der Waals surface area contributed by atoms with Crippen LogP contribution in [0.1, 0.15) is 6.92 Å². The van der Waals surface area contributed by atoms with Crippen LogP contribution in [0, 0.1) is 3.57 Å². The summed E-state index contributed by atoms with van der Waals surface area (Å²) in [7, 11) is -2.69. The molecule has 0 aliphatic heterocycles. The maximum atomic E-state index is 11.7. The second-order valence-electron chi connectivity index (χ2n) is 3.17. The molecule has 0 spiro atoms. The highest BCUT2D eigenvalue weighted by molar-refractivity contribution is 14.1. The summed E-state index contributed by atoms with van der Waals surface area (Å²) in [4.78, 5) is 15.0. The van der Waals surface area contributed by atoms with Gasteiger partial charge in [0.15, 0.2) is 5.25 Å². The predicted molar refractivity (Wildman–Crippen MR) is 71.0 cm³/mol. The summed E-state index contributed by atoms with van der Waals surface area (Å²) in [5.41, 5.74) is 0. The number of anilines is 1. The molecule has 1 N–H and O–H groups in total. The van der Waals surface area contributed by atoms with E-state index in [2.05, 4.69) is 14.4 Å². The quantitative estimate of drug-likeness (QED) is 0.631. The smallest absolute Gasteiger partial charge is 0.325 e. The minimum atomic E-state index is -3.83. The molecule has 8 heteroatoms. The summed E-state index contributed by atoms with van der Waals surface area (Å²) < 4.78 is 30.9. The van der Waals surface area contributed by atoms with E-state index in [0.717, 1.165) is 10.7 Å². The molecule has 0 fully saturated rings. The summed E-state index contributed by atoms with van der Waals surface area (Å²) in [6.07, 6.45) is 1.52. The normalized spacial score (nSPS) is 12.9. The third-order valence-corrected chi connectivity index (χ3v) is 4.23. The minimum absolute atomic E-state index is 0.168. The number of halogens is 1. The van der Waals surface area contributed by atoms with E-state index in [9.17, 15) is 13.2 Å². The Morgan fingerprint density at radius 1 is 1.53 bits per heavy atom. The van der Waals surface area contributed by atoms with Crippen LogP contribution < -0.4 is 4.72 Å². The molecule has 1 aromatic rings. The van der Waals surface area contributed by atoms with E-state index in [1.54, 1.807) is 6.07 Å². The van der Waals surface area contributed by atoms with E-state index in [1.165, 1.54) is 19.2 Å². The summed E-state index contributed by atoms with van der Waals surface area (Å²) >= 11 is 2.05. The number of carbonyl (C=O) groups is 1. The van der Waals surface area contributed by atoms with Gasteiger partial charge in [0.05, 0.1) is 7.11 Å². The highest BCUT2D eigenvalue weighted by Gasteiger charge is 2.29. The first-order valence-electron chi connectivity index (χ1n) is 4.58. The van der Waals surface area contributed by atoms with Gasteiger partial charge in [0.25, 0.3) is 0 Å². The van der Waals surface area contributed by atoms with Crippen LogP contribution in [0.4, 0.5) is 5.82 Å². The Bertz CT molecular complexity index is 500. The molecule has 17 heavy (non-hydrogen) atoms. The summed E-state index contributed by atoms with van der Waals surface area (Å²) in [6.45, 7) is 1.25. The van der Waals surface area contributed by atoms with Crippen LogP contribution in [0.3, 0.4) is 0 Å². The first kappa shape index (κ1) is 14.2. The first-order chi connectivity index (χ1) is 7.86. The van der Waals surface area contributed by atoms with Gasteiger partial charge in [0, 0.05) is 9.77 Å². The average Bonchev–Trinajstić information content (AvgIpc) is 2.30. The zero-order chi connectivity index (χ0) is 13.1. The van der Waals surface area contributed by atoms with Gasteiger partial charge in [-0.3, -0.25) is 9.52 Å². The van der Waals surface area contributed by atoms with Crippen LogP contribution in [0.2, 0.25) is 0 Å². The molecule has 0 saturated heterocycles. The lowest BCUT2D eigenvalue weighted by Crippen LogP contribution is -2.33. The lowest BCUT2D eigenvalue weighted by Gasteiger charge is -2.12. The number of esters is 1. The zero-order valence-electron chi connectivity index (χ0n) is 9.18. The van der Waals surface area contributed by atoms with Crippen molar-refractivity contribution in [3.8, 4) is 0 Å². The van der Waals surface area contributed by atoms with Crippen molar-refractivity contribution in [1.29, 1.82) is 0 Å². The Balaban J connectivity index is 2.86. The van der Waals surface area contributed by atoms with Gasteiger partial charge >= 0.3 is 5.97 Å². The van der Waals surface area contributed by atoms with Crippen LogP contribution in [0.5, 0.6) is 0 Å². The van der Waals surface area contributed by atoms with Gasteiger partial charge in [0.1, 0.15) is 5.82 Å². The van der Waals surface area contributed by atoms with Gasteiger partial charge in [-0.2, -0.15) is 0 Å². The van der Waals surface area contributed by atoms with Gasteiger partial charge in [-0.1, -0.05) is 0 Å². The molecule has 94 valence electrons. The number of methoxy groups -OCH3 is 1. The lowest BCUT2D eigenvalue weighted by atomic mass is 10.5. The number of hydrogen-bond acceptors (Lipinski definition) is 5. The Hall–Kier alpha value is -0.900. The van der Waals surface area contributed by atoms with Crippen LogP contribution in [0.15, 0.2) is 18.3 Å². The fourth-order valence-electron chi connectivity index (χ4n) is 0.963. The molecule has 0 aromatic carbocycles. The molecule has 1 rings (SSSR count). The van der Waals surface area contributed by atoms with E-state index < -0.39 is 21.2 Å².